The number of hydrogen-bond acceptors (Lipinski definition) is 3. The minimum absolute atomic E-state index is 0.707. The van der Waals surface area contributed by atoms with E-state index in [2.05, 4.69) is 25.9 Å². The third-order valence-corrected chi connectivity index (χ3v) is 1.64. The van der Waals surface area contributed by atoms with Gasteiger partial charge in [-0.2, -0.15) is 0 Å². The van der Waals surface area contributed by atoms with Crippen molar-refractivity contribution < 1.29 is 4.74 Å². The van der Waals surface area contributed by atoms with Gasteiger partial charge >= 0.3 is 0 Å². The van der Waals surface area contributed by atoms with Crippen molar-refractivity contribution in [2.75, 3.05) is 11.9 Å². The van der Waals surface area contributed by atoms with Crippen LogP contribution in [-0.4, -0.2) is 21.9 Å². The Morgan fingerprint density at radius 1 is 1.36 bits per heavy atom. The van der Waals surface area contributed by atoms with Crippen molar-refractivity contribution in [2.24, 2.45) is 0 Å². The number of hydrogen-bond donors (Lipinski definition) is 0. The molecule has 1 aromatic rings. The second-order valence-electron chi connectivity index (χ2n) is 1.97. The molecule has 0 saturated heterocycles. The van der Waals surface area contributed by atoms with Gasteiger partial charge in [0.05, 0.1) is 19.0 Å². The average molecular weight is 217 g/mol. The summed E-state index contributed by atoms with van der Waals surface area (Å²) in [6.07, 6.45) is 5.79. The first-order valence-electron chi connectivity index (χ1n) is 3.37. The van der Waals surface area contributed by atoms with E-state index in [0.717, 1.165) is 17.5 Å². The van der Waals surface area contributed by atoms with E-state index in [4.69, 9.17) is 4.74 Å². The van der Waals surface area contributed by atoms with Crippen LogP contribution in [0.1, 0.15) is 6.42 Å². The first-order chi connectivity index (χ1) is 5.43. The summed E-state index contributed by atoms with van der Waals surface area (Å²) in [6, 6.07) is 0. The Bertz CT molecular complexity index is 193. The molecule has 0 radical (unpaired) electrons. The summed E-state index contributed by atoms with van der Waals surface area (Å²) >= 11 is 3.31. The summed E-state index contributed by atoms with van der Waals surface area (Å²) in [4.78, 5) is 7.63. The molecule has 0 N–H and O–H groups in total. The van der Waals surface area contributed by atoms with E-state index in [1.807, 2.05) is 0 Å². The number of nitrogens with zero attached hydrogens (tertiary/aromatic N) is 2. The standard InChI is InChI=1S/C7H9BrN2O/c8-2-1-3-11-7-4-9-6-10-5-7/h4-6H,1-3H2. The molecule has 0 bridgehead atoms. The zero-order valence-electron chi connectivity index (χ0n) is 6.03. The molecule has 4 heteroatoms. The smallest absolute Gasteiger partial charge is 0.155 e. The number of halogens is 1. The van der Waals surface area contributed by atoms with E-state index in [0.29, 0.717) is 6.61 Å². The molecule has 0 aliphatic heterocycles. The largest absolute Gasteiger partial charge is 0.490 e. The zero-order chi connectivity index (χ0) is 7.94. The minimum Gasteiger partial charge on any atom is -0.490 e. The molecular weight excluding hydrogens is 208 g/mol. The first-order valence-corrected chi connectivity index (χ1v) is 4.49. The van der Waals surface area contributed by atoms with E-state index < -0.39 is 0 Å². The Morgan fingerprint density at radius 2 is 2.09 bits per heavy atom. The first kappa shape index (κ1) is 8.46. The lowest BCUT2D eigenvalue weighted by molar-refractivity contribution is 0.316. The van der Waals surface area contributed by atoms with Gasteiger partial charge in [-0.25, -0.2) is 9.97 Å². The van der Waals surface area contributed by atoms with Gasteiger partial charge in [0.25, 0.3) is 0 Å². The fraction of sp³-hybridized carbons (Fsp3) is 0.429. The molecule has 0 aliphatic carbocycles. The maximum Gasteiger partial charge on any atom is 0.155 e. The Balaban J connectivity index is 2.28. The van der Waals surface area contributed by atoms with Crippen molar-refractivity contribution in [3.05, 3.63) is 18.7 Å². The van der Waals surface area contributed by atoms with Crippen molar-refractivity contribution >= 4 is 15.9 Å². The molecule has 0 aromatic carbocycles. The van der Waals surface area contributed by atoms with Crippen LogP contribution in [0.15, 0.2) is 18.7 Å². The Morgan fingerprint density at radius 3 is 2.73 bits per heavy atom. The summed E-state index contributed by atoms with van der Waals surface area (Å²) in [7, 11) is 0. The van der Waals surface area contributed by atoms with Crippen LogP contribution in [0.4, 0.5) is 0 Å². The molecule has 3 nitrogen and oxygen atoms in total. The molecular formula is C7H9BrN2O. The summed E-state index contributed by atoms with van der Waals surface area (Å²) in [6.45, 7) is 0.707. The van der Waals surface area contributed by atoms with Crippen molar-refractivity contribution in [1.82, 2.24) is 9.97 Å². The van der Waals surface area contributed by atoms with Crippen LogP contribution in [0.25, 0.3) is 0 Å². The monoisotopic (exact) mass is 216 g/mol. The zero-order valence-corrected chi connectivity index (χ0v) is 7.62. The van der Waals surface area contributed by atoms with Gasteiger partial charge in [-0.05, 0) is 6.42 Å². The quantitative estimate of drug-likeness (QED) is 0.568. The lowest BCUT2D eigenvalue weighted by Crippen LogP contribution is -1.97. The molecule has 0 aliphatic rings. The molecule has 0 fully saturated rings. The maximum atomic E-state index is 5.29. The van der Waals surface area contributed by atoms with Gasteiger partial charge < -0.3 is 4.74 Å². The fourth-order valence-electron chi connectivity index (χ4n) is 0.605. The SMILES string of the molecule is BrCCCOc1cncnc1. The molecule has 0 unspecified atom stereocenters. The van der Waals surface area contributed by atoms with Gasteiger partial charge in [-0.1, -0.05) is 15.9 Å². The highest BCUT2D eigenvalue weighted by Gasteiger charge is 1.90. The average Bonchev–Trinajstić information content (AvgIpc) is 2.07. The molecule has 0 saturated carbocycles. The van der Waals surface area contributed by atoms with Crippen molar-refractivity contribution in [1.29, 1.82) is 0 Å². The molecule has 1 heterocycles. The molecule has 1 rings (SSSR count). The van der Waals surface area contributed by atoms with Crippen LogP contribution in [0.5, 0.6) is 5.75 Å². The van der Waals surface area contributed by atoms with E-state index in [1.54, 1.807) is 12.4 Å². The van der Waals surface area contributed by atoms with Gasteiger partial charge in [0.1, 0.15) is 6.33 Å². The van der Waals surface area contributed by atoms with Crippen LogP contribution in [-0.2, 0) is 0 Å². The molecule has 1 aromatic heterocycles. The number of rotatable bonds is 4. The van der Waals surface area contributed by atoms with Crippen LogP contribution >= 0.6 is 15.9 Å². The Hall–Kier alpha value is -0.640. The summed E-state index contributed by atoms with van der Waals surface area (Å²) in [5, 5.41) is 0.959. The van der Waals surface area contributed by atoms with Gasteiger partial charge in [-0.15, -0.1) is 0 Å². The topological polar surface area (TPSA) is 35.0 Å². The second kappa shape index (κ2) is 5.07. The number of aromatic nitrogens is 2. The lowest BCUT2D eigenvalue weighted by atomic mass is 10.5. The molecule has 11 heavy (non-hydrogen) atoms. The van der Waals surface area contributed by atoms with Crippen LogP contribution in [0, 0.1) is 0 Å². The van der Waals surface area contributed by atoms with E-state index >= 15 is 0 Å². The van der Waals surface area contributed by atoms with Gasteiger partial charge in [0.2, 0.25) is 0 Å². The van der Waals surface area contributed by atoms with Crippen LogP contribution in [0.3, 0.4) is 0 Å². The molecule has 60 valence electrons. The molecule has 0 atom stereocenters. The second-order valence-corrected chi connectivity index (χ2v) is 2.76. The Labute approximate surface area is 73.9 Å². The maximum absolute atomic E-state index is 5.29. The van der Waals surface area contributed by atoms with Crippen LogP contribution < -0.4 is 4.74 Å². The molecule has 0 amide bonds. The van der Waals surface area contributed by atoms with Gasteiger partial charge in [-0.3, -0.25) is 0 Å². The van der Waals surface area contributed by atoms with Crippen molar-refractivity contribution in [3.8, 4) is 5.75 Å². The van der Waals surface area contributed by atoms with Crippen molar-refractivity contribution in [2.45, 2.75) is 6.42 Å². The highest BCUT2D eigenvalue weighted by atomic mass is 79.9. The normalized spacial score (nSPS) is 9.55. The van der Waals surface area contributed by atoms with Gasteiger partial charge in [0.15, 0.2) is 5.75 Å². The third kappa shape index (κ3) is 3.32. The predicted molar refractivity (Wildman–Crippen MR) is 45.9 cm³/mol. The summed E-state index contributed by atoms with van der Waals surface area (Å²) < 4.78 is 5.29. The van der Waals surface area contributed by atoms with E-state index in [9.17, 15) is 0 Å². The summed E-state index contributed by atoms with van der Waals surface area (Å²) in [5.74, 6) is 0.730. The van der Waals surface area contributed by atoms with E-state index in [-0.39, 0.29) is 0 Å². The van der Waals surface area contributed by atoms with Crippen LogP contribution in [0.2, 0.25) is 0 Å². The van der Waals surface area contributed by atoms with E-state index in [1.165, 1.54) is 6.33 Å². The van der Waals surface area contributed by atoms with Crippen molar-refractivity contribution in [3.63, 3.8) is 0 Å². The highest BCUT2D eigenvalue weighted by Crippen LogP contribution is 2.04. The predicted octanol–water partition coefficient (Wildman–Crippen LogP) is 1.64. The number of ether oxygens (including phenoxy) is 1. The number of alkyl halides is 1. The highest BCUT2D eigenvalue weighted by molar-refractivity contribution is 9.09. The Kier molecular flexibility index (Phi) is 3.90. The lowest BCUT2D eigenvalue weighted by Gasteiger charge is -2.01. The fourth-order valence-corrected chi connectivity index (χ4v) is 0.833. The summed E-state index contributed by atoms with van der Waals surface area (Å²) in [5.41, 5.74) is 0. The molecule has 0 spiro atoms. The minimum atomic E-state index is 0.707. The third-order valence-electron chi connectivity index (χ3n) is 1.08. The van der Waals surface area contributed by atoms with Gasteiger partial charge in [0, 0.05) is 5.33 Å².